The first kappa shape index (κ1) is 9.87. The van der Waals surface area contributed by atoms with E-state index < -0.39 is 0 Å². The zero-order valence-electron chi connectivity index (χ0n) is 8.30. The molecule has 78 valence electrons. The molecule has 0 aromatic carbocycles. The van der Waals surface area contributed by atoms with Crippen LogP contribution in [0.2, 0.25) is 0 Å². The Morgan fingerprint density at radius 2 is 2.33 bits per heavy atom. The third kappa shape index (κ3) is 1.90. The molecule has 1 saturated heterocycles. The second-order valence-electron chi connectivity index (χ2n) is 3.62. The van der Waals surface area contributed by atoms with Crippen molar-refractivity contribution in [3.05, 3.63) is 18.1 Å². The third-order valence-corrected chi connectivity index (χ3v) is 2.63. The maximum absolute atomic E-state index is 9.03. The van der Waals surface area contributed by atoms with Crippen LogP contribution >= 0.6 is 0 Å². The summed E-state index contributed by atoms with van der Waals surface area (Å²) in [5.41, 5.74) is 0.357. The highest BCUT2D eigenvalue weighted by molar-refractivity contribution is 5.50. The highest BCUT2D eigenvalue weighted by Gasteiger charge is 2.24. The number of nitrogens with zero attached hydrogens (tertiary/aromatic N) is 4. The van der Waals surface area contributed by atoms with Gasteiger partial charge in [0.05, 0.1) is 0 Å². The Balaban J connectivity index is 2.20. The molecule has 0 saturated carbocycles. The van der Waals surface area contributed by atoms with E-state index in [0.717, 1.165) is 19.5 Å². The lowest BCUT2D eigenvalue weighted by Gasteiger charge is -2.17. The second-order valence-corrected chi connectivity index (χ2v) is 3.62. The topological polar surface area (TPSA) is 73.0 Å². The minimum Gasteiger partial charge on any atom is -0.396 e. The van der Waals surface area contributed by atoms with Gasteiger partial charge in [0.15, 0.2) is 11.5 Å². The van der Waals surface area contributed by atoms with Crippen LogP contribution in [0.25, 0.3) is 0 Å². The molecule has 15 heavy (non-hydrogen) atoms. The molecule has 1 atom stereocenters. The number of anilines is 1. The first-order valence-electron chi connectivity index (χ1n) is 4.92. The zero-order valence-corrected chi connectivity index (χ0v) is 8.30. The number of hydrogen-bond donors (Lipinski definition) is 1. The number of nitriles is 1. The van der Waals surface area contributed by atoms with Gasteiger partial charge in [-0.25, -0.2) is 9.97 Å². The molecule has 0 bridgehead atoms. The second kappa shape index (κ2) is 4.24. The van der Waals surface area contributed by atoms with E-state index in [1.165, 1.54) is 6.20 Å². The number of aliphatic hydroxyl groups excluding tert-OH is 1. The van der Waals surface area contributed by atoms with E-state index in [2.05, 4.69) is 9.97 Å². The molecule has 0 radical (unpaired) electrons. The summed E-state index contributed by atoms with van der Waals surface area (Å²) in [5.74, 6) is 0.925. The molecule has 2 heterocycles. The number of rotatable bonds is 2. The fraction of sp³-hybridized carbons (Fsp3) is 0.500. The minimum absolute atomic E-state index is 0.193. The van der Waals surface area contributed by atoms with Gasteiger partial charge in [0.1, 0.15) is 6.07 Å². The van der Waals surface area contributed by atoms with Crippen molar-refractivity contribution >= 4 is 5.82 Å². The van der Waals surface area contributed by atoms with Crippen molar-refractivity contribution in [2.45, 2.75) is 6.42 Å². The van der Waals surface area contributed by atoms with Gasteiger partial charge < -0.3 is 10.0 Å². The van der Waals surface area contributed by atoms with Gasteiger partial charge in [-0.2, -0.15) is 5.26 Å². The molecule has 1 aliphatic heterocycles. The molecule has 5 heteroatoms. The quantitative estimate of drug-likeness (QED) is 0.743. The normalized spacial score (nSPS) is 20.3. The standard InChI is InChI=1S/C10H12N4O/c11-5-9-10(13-3-2-12-9)14-4-1-8(6-14)7-15/h2-3,8,15H,1,4,6-7H2. The van der Waals surface area contributed by atoms with Gasteiger partial charge in [0.25, 0.3) is 0 Å². The van der Waals surface area contributed by atoms with E-state index in [0.29, 0.717) is 17.4 Å². The highest BCUT2D eigenvalue weighted by Crippen LogP contribution is 2.23. The van der Waals surface area contributed by atoms with Gasteiger partial charge >= 0.3 is 0 Å². The summed E-state index contributed by atoms with van der Waals surface area (Å²) in [7, 11) is 0. The summed E-state index contributed by atoms with van der Waals surface area (Å²) in [5, 5.41) is 17.9. The predicted molar refractivity (Wildman–Crippen MR) is 54.2 cm³/mol. The van der Waals surface area contributed by atoms with Crippen LogP contribution in [-0.2, 0) is 0 Å². The highest BCUT2D eigenvalue weighted by atomic mass is 16.3. The zero-order chi connectivity index (χ0) is 10.7. The van der Waals surface area contributed by atoms with E-state index in [-0.39, 0.29) is 6.61 Å². The monoisotopic (exact) mass is 204 g/mol. The van der Waals surface area contributed by atoms with Crippen molar-refractivity contribution in [1.29, 1.82) is 5.26 Å². The predicted octanol–water partition coefficient (Wildman–Crippen LogP) is 0.167. The lowest BCUT2D eigenvalue weighted by molar-refractivity contribution is 0.238. The van der Waals surface area contributed by atoms with Crippen molar-refractivity contribution in [2.24, 2.45) is 5.92 Å². The van der Waals surface area contributed by atoms with E-state index in [1.807, 2.05) is 11.0 Å². The van der Waals surface area contributed by atoms with E-state index in [9.17, 15) is 0 Å². The summed E-state index contributed by atoms with van der Waals surface area (Å²) in [6.07, 6.45) is 4.04. The smallest absolute Gasteiger partial charge is 0.183 e. The summed E-state index contributed by atoms with van der Waals surface area (Å²) >= 11 is 0. The molecule has 1 N–H and O–H groups in total. The summed E-state index contributed by atoms with van der Waals surface area (Å²) < 4.78 is 0. The number of aliphatic hydroxyl groups is 1. The lowest BCUT2D eigenvalue weighted by atomic mass is 10.1. The van der Waals surface area contributed by atoms with Crippen LogP contribution in [0.1, 0.15) is 12.1 Å². The molecule has 0 amide bonds. The molecule has 0 spiro atoms. The number of hydrogen-bond acceptors (Lipinski definition) is 5. The van der Waals surface area contributed by atoms with Gasteiger partial charge in [0, 0.05) is 38.0 Å². The molecule has 1 fully saturated rings. The molecule has 1 unspecified atom stereocenters. The van der Waals surface area contributed by atoms with E-state index in [1.54, 1.807) is 6.20 Å². The third-order valence-electron chi connectivity index (χ3n) is 2.63. The minimum atomic E-state index is 0.193. The summed E-state index contributed by atoms with van der Waals surface area (Å²) in [6.45, 7) is 1.78. The van der Waals surface area contributed by atoms with Crippen molar-refractivity contribution in [3.63, 3.8) is 0 Å². The van der Waals surface area contributed by atoms with Crippen LogP contribution in [0, 0.1) is 17.2 Å². The Bertz CT molecular complexity index is 387. The fourth-order valence-corrected chi connectivity index (χ4v) is 1.82. The Labute approximate surface area is 88.0 Å². The number of aromatic nitrogens is 2. The molecule has 1 aromatic rings. The van der Waals surface area contributed by atoms with Gasteiger partial charge in [-0.15, -0.1) is 0 Å². The molecule has 0 aliphatic carbocycles. The molecular weight excluding hydrogens is 192 g/mol. The van der Waals surface area contributed by atoms with Gasteiger partial charge in [-0.1, -0.05) is 0 Å². The maximum atomic E-state index is 9.03. The SMILES string of the molecule is N#Cc1nccnc1N1CCC(CO)C1. The maximum Gasteiger partial charge on any atom is 0.183 e. The Morgan fingerprint density at radius 3 is 3.00 bits per heavy atom. The summed E-state index contributed by atoms with van der Waals surface area (Å²) in [4.78, 5) is 10.1. The van der Waals surface area contributed by atoms with Crippen molar-refractivity contribution in [1.82, 2.24) is 9.97 Å². The van der Waals surface area contributed by atoms with E-state index in [4.69, 9.17) is 10.4 Å². The lowest BCUT2D eigenvalue weighted by Crippen LogP contribution is -2.23. The Kier molecular flexibility index (Phi) is 2.79. The van der Waals surface area contributed by atoms with Gasteiger partial charge in [-0.05, 0) is 6.42 Å². The molecule has 5 nitrogen and oxygen atoms in total. The first-order chi connectivity index (χ1) is 7.35. The average molecular weight is 204 g/mol. The molecule has 2 rings (SSSR count). The van der Waals surface area contributed by atoms with Gasteiger partial charge in [-0.3, -0.25) is 0 Å². The Morgan fingerprint density at radius 1 is 1.53 bits per heavy atom. The van der Waals surface area contributed by atoms with Crippen LogP contribution in [0.3, 0.4) is 0 Å². The largest absolute Gasteiger partial charge is 0.396 e. The van der Waals surface area contributed by atoms with Crippen molar-refractivity contribution in [2.75, 3.05) is 24.6 Å². The van der Waals surface area contributed by atoms with Crippen LogP contribution in [0.4, 0.5) is 5.82 Å². The molecule has 1 aliphatic rings. The average Bonchev–Trinajstić information content (AvgIpc) is 2.77. The molecule has 1 aromatic heterocycles. The van der Waals surface area contributed by atoms with Crippen molar-refractivity contribution < 1.29 is 5.11 Å². The van der Waals surface area contributed by atoms with Crippen molar-refractivity contribution in [3.8, 4) is 6.07 Å². The van der Waals surface area contributed by atoms with Crippen LogP contribution in [-0.4, -0.2) is 34.8 Å². The van der Waals surface area contributed by atoms with Gasteiger partial charge in [0.2, 0.25) is 0 Å². The molecular formula is C10H12N4O. The van der Waals surface area contributed by atoms with Crippen LogP contribution in [0.15, 0.2) is 12.4 Å². The Hall–Kier alpha value is -1.67. The summed E-state index contributed by atoms with van der Waals surface area (Å²) in [6, 6.07) is 2.03. The first-order valence-corrected chi connectivity index (χ1v) is 4.92. The van der Waals surface area contributed by atoms with Crippen LogP contribution in [0.5, 0.6) is 0 Å². The van der Waals surface area contributed by atoms with Crippen LogP contribution < -0.4 is 4.90 Å². The fourth-order valence-electron chi connectivity index (χ4n) is 1.82. The van der Waals surface area contributed by atoms with E-state index >= 15 is 0 Å².